The van der Waals surface area contributed by atoms with Gasteiger partial charge in [-0.15, -0.1) is 0 Å². The Labute approximate surface area is 114 Å². The summed E-state index contributed by atoms with van der Waals surface area (Å²) in [5.74, 6) is 0. The molecule has 1 aliphatic rings. The molecule has 0 fully saturated rings. The van der Waals surface area contributed by atoms with Crippen LogP contribution in [-0.2, 0) is 6.42 Å². The van der Waals surface area contributed by atoms with Gasteiger partial charge in [-0.3, -0.25) is 0 Å². The molecule has 0 bridgehead atoms. The summed E-state index contributed by atoms with van der Waals surface area (Å²) in [6.07, 6.45) is 0.997. The highest BCUT2D eigenvalue weighted by atomic mass is 14.6. The average molecular weight is 249 g/mol. The molecule has 3 rings (SSSR count). The standard InChI is InChI=1S/C18H19N/c1-11-8-14-10-17(13(3)16(14)9-12(11)2)15-6-4-5-7-18(15)19/h4-9H,10,19H2,1-3H3. The van der Waals surface area contributed by atoms with Gasteiger partial charge < -0.3 is 5.73 Å². The van der Waals surface area contributed by atoms with Gasteiger partial charge in [0.15, 0.2) is 0 Å². The van der Waals surface area contributed by atoms with Crippen molar-refractivity contribution in [1.82, 2.24) is 0 Å². The largest absolute Gasteiger partial charge is 0.398 e. The van der Waals surface area contributed by atoms with E-state index in [1.165, 1.54) is 39.0 Å². The van der Waals surface area contributed by atoms with Crippen molar-refractivity contribution in [2.24, 2.45) is 0 Å². The number of aryl methyl sites for hydroxylation is 2. The Morgan fingerprint density at radius 3 is 2.32 bits per heavy atom. The number of para-hydroxylation sites is 1. The van der Waals surface area contributed by atoms with Crippen LogP contribution in [0.1, 0.15) is 34.7 Å². The van der Waals surface area contributed by atoms with Gasteiger partial charge in [-0.25, -0.2) is 0 Å². The Morgan fingerprint density at radius 1 is 0.895 bits per heavy atom. The van der Waals surface area contributed by atoms with E-state index >= 15 is 0 Å². The Bertz CT molecular complexity index is 693. The maximum absolute atomic E-state index is 6.12. The zero-order chi connectivity index (χ0) is 13.6. The van der Waals surface area contributed by atoms with Crippen LogP contribution >= 0.6 is 0 Å². The highest BCUT2D eigenvalue weighted by molar-refractivity contribution is 5.98. The zero-order valence-electron chi connectivity index (χ0n) is 11.7. The SMILES string of the molecule is CC1=C(c2ccccc2N)Cc2cc(C)c(C)cc21. The van der Waals surface area contributed by atoms with E-state index in [1.807, 2.05) is 12.1 Å². The van der Waals surface area contributed by atoms with Crippen LogP contribution in [0.3, 0.4) is 0 Å². The molecule has 2 aromatic rings. The van der Waals surface area contributed by atoms with Gasteiger partial charge in [0, 0.05) is 11.3 Å². The molecule has 96 valence electrons. The van der Waals surface area contributed by atoms with Crippen LogP contribution in [0.25, 0.3) is 11.1 Å². The number of allylic oxidation sites excluding steroid dienone is 2. The fourth-order valence-corrected chi connectivity index (χ4v) is 2.93. The molecule has 2 N–H and O–H groups in total. The summed E-state index contributed by atoms with van der Waals surface area (Å²) < 4.78 is 0. The Hall–Kier alpha value is -2.02. The fourth-order valence-electron chi connectivity index (χ4n) is 2.93. The number of anilines is 1. The molecule has 0 aromatic heterocycles. The Balaban J connectivity index is 2.15. The average Bonchev–Trinajstić information content (AvgIpc) is 2.68. The van der Waals surface area contributed by atoms with Crippen LogP contribution < -0.4 is 5.73 Å². The maximum atomic E-state index is 6.12. The van der Waals surface area contributed by atoms with Gasteiger partial charge in [-0.1, -0.05) is 30.3 Å². The minimum atomic E-state index is 0.873. The zero-order valence-corrected chi connectivity index (χ0v) is 11.7. The van der Waals surface area contributed by atoms with Crippen molar-refractivity contribution in [2.75, 3.05) is 5.73 Å². The number of benzene rings is 2. The van der Waals surface area contributed by atoms with Crippen molar-refractivity contribution in [2.45, 2.75) is 27.2 Å². The summed E-state index contributed by atoms with van der Waals surface area (Å²) in [5, 5.41) is 0. The van der Waals surface area contributed by atoms with Crippen LogP contribution in [0.15, 0.2) is 36.4 Å². The third-order valence-electron chi connectivity index (χ3n) is 4.23. The molecule has 0 atom stereocenters. The van der Waals surface area contributed by atoms with E-state index in [0.29, 0.717) is 0 Å². The molecule has 0 heterocycles. The molecule has 19 heavy (non-hydrogen) atoms. The quantitative estimate of drug-likeness (QED) is 0.746. The molecule has 0 saturated heterocycles. The van der Waals surface area contributed by atoms with Gasteiger partial charge in [0.05, 0.1) is 0 Å². The van der Waals surface area contributed by atoms with Gasteiger partial charge in [-0.2, -0.15) is 0 Å². The predicted molar refractivity (Wildman–Crippen MR) is 83.0 cm³/mol. The molecule has 0 radical (unpaired) electrons. The van der Waals surface area contributed by atoms with Gasteiger partial charge in [0.25, 0.3) is 0 Å². The highest BCUT2D eigenvalue weighted by Gasteiger charge is 2.21. The van der Waals surface area contributed by atoms with Crippen molar-refractivity contribution < 1.29 is 0 Å². The molecule has 0 spiro atoms. The molecule has 0 aliphatic heterocycles. The minimum absolute atomic E-state index is 0.873. The normalized spacial score (nSPS) is 13.8. The smallest absolute Gasteiger partial charge is 0.0390 e. The summed E-state index contributed by atoms with van der Waals surface area (Å²) in [7, 11) is 0. The van der Waals surface area contributed by atoms with Crippen molar-refractivity contribution in [3.8, 4) is 0 Å². The topological polar surface area (TPSA) is 26.0 Å². The van der Waals surface area contributed by atoms with Crippen LogP contribution in [0.2, 0.25) is 0 Å². The first-order valence-electron chi connectivity index (χ1n) is 6.73. The molecular weight excluding hydrogens is 230 g/mol. The third kappa shape index (κ3) is 1.86. The Kier molecular flexibility index (Phi) is 2.70. The van der Waals surface area contributed by atoms with Crippen molar-refractivity contribution in [3.63, 3.8) is 0 Å². The molecule has 2 aromatic carbocycles. The highest BCUT2D eigenvalue weighted by Crippen LogP contribution is 2.40. The monoisotopic (exact) mass is 249 g/mol. The van der Waals surface area contributed by atoms with Gasteiger partial charge >= 0.3 is 0 Å². The van der Waals surface area contributed by atoms with Gasteiger partial charge in [0.2, 0.25) is 0 Å². The molecule has 1 heteroatoms. The first-order valence-corrected chi connectivity index (χ1v) is 6.73. The first-order chi connectivity index (χ1) is 9.08. The predicted octanol–water partition coefficient (Wildman–Crippen LogP) is 4.37. The van der Waals surface area contributed by atoms with Gasteiger partial charge in [0.1, 0.15) is 0 Å². The summed E-state index contributed by atoms with van der Waals surface area (Å²) in [4.78, 5) is 0. The Morgan fingerprint density at radius 2 is 1.58 bits per heavy atom. The van der Waals surface area contributed by atoms with Crippen LogP contribution in [-0.4, -0.2) is 0 Å². The number of hydrogen-bond acceptors (Lipinski definition) is 1. The second-order valence-corrected chi connectivity index (χ2v) is 5.46. The van der Waals surface area contributed by atoms with Gasteiger partial charge in [-0.05, 0) is 66.7 Å². The lowest BCUT2D eigenvalue weighted by molar-refractivity contribution is 1.25. The van der Waals surface area contributed by atoms with Crippen molar-refractivity contribution in [1.29, 1.82) is 0 Å². The summed E-state index contributed by atoms with van der Waals surface area (Å²) in [5.41, 5.74) is 16.5. The second-order valence-electron chi connectivity index (χ2n) is 5.46. The molecule has 0 saturated carbocycles. The number of rotatable bonds is 1. The maximum Gasteiger partial charge on any atom is 0.0390 e. The van der Waals surface area contributed by atoms with Crippen LogP contribution in [0.4, 0.5) is 5.69 Å². The molecule has 0 amide bonds. The van der Waals surface area contributed by atoms with E-state index in [1.54, 1.807) is 0 Å². The second kappa shape index (κ2) is 4.27. The number of nitrogen functional groups attached to an aromatic ring is 1. The fraction of sp³-hybridized carbons (Fsp3) is 0.222. The van der Waals surface area contributed by atoms with E-state index in [4.69, 9.17) is 5.73 Å². The number of hydrogen-bond donors (Lipinski definition) is 1. The van der Waals surface area contributed by atoms with E-state index in [2.05, 4.69) is 45.0 Å². The van der Waals surface area contributed by atoms with Crippen molar-refractivity contribution >= 4 is 16.8 Å². The molecule has 1 aliphatic carbocycles. The van der Waals surface area contributed by atoms with Crippen molar-refractivity contribution in [3.05, 3.63) is 64.2 Å². The number of nitrogens with two attached hydrogens (primary N) is 1. The van der Waals surface area contributed by atoms with E-state index in [-0.39, 0.29) is 0 Å². The van der Waals surface area contributed by atoms with E-state index in [9.17, 15) is 0 Å². The summed E-state index contributed by atoms with van der Waals surface area (Å²) in [6.45, 7) is 6.57. The van der Waals surface area contributed by atoms with E-state index in [0.717, 1.165) is 12.1 Å². The summed E-state index contributed by atoms with van der Waals surface area (Å²) in [6, 6.07) is 12.8. The molecular formula is C18H19N. The van der Waals surface area contributed by atoms with E-state index < -0.39 is 0 Å². The molecule has 1 nitrogen and oxygen atoms in total. The molecule has 0 unspecified atom stereocenters. The minimum Gasteiger partial charge on any atom is -0.398 e. The third-order valence-corrected chi connectivity index (χ3v) is 4.23. The van der Waals surface area contributed by atoms with Crippen LogP contribution in [0, 0.1) is 13.8 Å². The van der Waals surface area contributed by atoms with Crippen LogP contribution in [0.5, 0.6) is 0 Å². The summed E-state index contributed by atoms with van der Waals surface area (Å²) >= 11 is 0. The lowest BCUT2D eigenvalue weighted by Crippen LogP contribution is -1.94. The lowest BCUT2D eigenvalue weighted by Gasteiger charge is -2.07. The number of fused-ring (bicyclic) bond motifs is 1. The first kappa shape index (κ1) is 12.0. The lowest BCUT2D eigenvalue weighted by atomic mass is 9.99.